The number of rotatable bonds is 7. The Morgan fingerprint density at radius 1 is 1.12 bits per heavy atom. The van der Waals surface area contributed by atoms with E-state index in [1.165, 1.54) is 5.56 Å². The molecule has 7 heteroatoms. The molecule has 1 aromatic carbocycles. The Balaban J connectivity index is 1.40. The zero-order valence-corrected chi connectivity index (χ0v) is 15.4. The van der Waals surface area contributed by atoms with E-state index in [1.54, 1.807) is 4.90 Å². The van der Waals surface area contributed by atoms with E-state index in [0.717, 1.165) is 38.4 Å². The minimum Gasteiger partial charge on any atom is -0.379 e. The molecule has 0 unspecified atom stereocenters. The van der Waals surface area contributed by atoms with Crippen LogP contribution in [0.4, 0.5) is 4.79 Å². The molecule has 3 rings (SSSR count). The van der Waals surface area contributed by atoms with Crippen molar-refractivity contribution in [2.45, 2.75) is 13.5 Å². The van der Waals surface area contributed by atoms with E-state index in [2.05, 4.69) is 23.2 Å². The number of nitrogens with one attached hydrogen (secondary N) is 1. The monoisotopic (exact) mass is 360 g/mol. The molecular formula is C19H28N4O3. The van der Waals surface area contributed by atoms with E-state index in [0.29, 0.717) is 26.2 Å². The van der Waals surface area contributed by atoms with Gasteiger partial charge in [-0.25, -0.2) is 4.79 Å². The summed E-state index contributed by atoms with van der Waals surface area (Å²) in [4.78, 5) is 30.4. The average molecular weight is 360 g/mol. The molecule has 3 amide bonds. The summed E-state index contributed by atoms with van der Waals surface area (Å²) in [6, 6.07) is 8.02. The van der Waals surface area contributed by atoms with Crippen molar-refractivity contribution in [2.75, 3.05) is 59.0 Å². The quantitative estimate of drug-likeness (QED) is 0.777. The lowest BCUT2D eigenvalue weighted by molar-refractivity contribution is -0.121. The van der Waals surface area contributed by atoms with Gasteiger partial charge in [0.2, 0.25) is 5.91 Å². The molecule has 1 aromatic rings. The van der Waals surface area contributed by atoms with Crippen molar-refractivity contribution >= 4 is 11.9 Å². The smallest absolute Gasteiger partial charge is 0.320 e. The van der Waals surface area contributed by atoms with E-state index < -0.39 is 0 Å². The van der Waals surface area contributed by atoms with Crippen molar-refractivity contribution in [1.29, 1.82) is 0 Å². The standard InChI is InChI=1S/C19H28N4O3/c1-16-4-2-3-5-17(16)14-22-8-9-23(19(22)25)15-18(24)20-6-7-21-10-12-26-13-11-21/h2-5H,6-15H2,1H3,(H,20,24). The first-order valence-corrected chi connectivity index (χ1v) is 9.28. The second-order valence-corrected chi connectivity index (χ2v) is 6.86. The number of morpholine rings is 1. The summed E-state index contributed by atoms with van der Waals surface area (Å²) < 4.78 is 5.31. The van der Waals surface area contributed by atoms with Crippen LogP contribution in [0.15, 0.2) is 24.3 Å². The summed E-state index contributed by atoms with van der Waals surface area (Å²) >= 11 is 0. The second-order valence-electron chi connectivity index (χ2n) is 6.86. The Labute approximate surface area is 154 Å². The third kappa shape index (κ3) is 4.95. The maximum Gasteiger partial charge on any atom is 0.320 e. The van der Waals surface area contributed by atoms with Crippen LogP contribution in [0.25, 0.3) is 0 Å². The molecule has 1 N–H and O–H groups in total. The molecule has 2 fully saturated rings. The fourth-order valence-electron chi connectivity index (χ4n) is 3.33. The number of benzene rings is 1. The largest absolute Gasteiger partial charge is 0.379 e. The van der Waals surface area contributed by atoms with Gasteiger partial charge in [0, 0.05) is 45.8 Å². The summed E-state index contributed by atoms with van der Waals surface area (Å²) in [7, 11) is 0. The van der Waals surface area contributed by atoms with Crippen molar-refractivity contribution in [2.24, 2.45) is 0 Å². The van der Waals surface area contributed by atoms with Gasteiger partial charge in [0.25, 0.3) is 0 Å². The summed E-state index contributed by atoms with van der Waals surface area (Å²) in [5.74, 6) is -0.0932. The van der Waals surface area contributed by atoms with Gasteiger partial charge in [0.05, 0.1) is 13.2 Å². The van der Waals surface area contributed by atoms with Gasteiger partial charge in [-0.1, -0.05) is 24.3 Å². The zero-order valence-electron chi connectivity index (χ0n) is 15.4. The van der Waals surface area contributed by atoms with Gasteiger partial charge in [-0.15, -0.1) is 0 Å². The fraction of sp³-hybridized carbons (Fsp3) is 0.579. The van der Waals surface area contributed by atoms with Crippen LogP contribution in [0.1, 0.15) is 11.1 Å². The molecule has 0 bridgehead atoms. The maximum absolute atomic E-state index is 12.5. The first-order chi connectivity index (χ1) is 12.6. The van der Waals surface area contributed by atoms with Crippen LogP contribution in [-0.2, 0) is 16.1 Å². The van der Waals surface area contributed by atoms with Gasteiger partial charge in [0.15, 0.2) is 0 Å². The van der Waals surface area contributed by atoms with Crippen molar-refractivity contribution in [3.05, 3.63) is 35.4 Å². The second kappa shape index (κ2) is 9.00. The van der Waals surface area contributed by atoms with Crippen LogP contribution in [0, 0.1) is 6.92 Å². The van der Waals surface area contributed by atoms with E-state index in [1.807, 2.05) is 23.1 Å². The van der Waals surface area contributed by atoms with E-state index >= 15 is 0 Å². The van der Waals surface area contributed by atoms with Gasteiger partial charge in [0.1, 0.15) is 6.54 Å². The molecule has 0 aliphatic carbocycles. The Bertz CT molecular complexity index is 631. The summed E-state index contributed by atoms with van der Waals surface area (Å²) in [5.41, 5.74) is 2.33. The number of carbonyl (C=O) groups excluding carboxylic acids is 2. The lowest BCUT2D eigenvalue weighted by atomic mass is 10.1. The maximum atomic E-state index is 12.5. The molecule has 0 atom stereocenters. The Morgan fingerprint density at radius 3 is 2.62 bits per heavy atom. The molecule has 0 aromatic heterocycles. The van der Waals surface area contributed by atoms with Crippen molar-refractivity contribution < 1.29 is 14.3 Å². The molecule has 142 valence electrons. The van der Waals surface area contributed by atoms with Gasteiger partial charge in [-0.05, 0) is 18.1 Å². The summed E-state index contributed by atoms with van der Waals surface area (Å²) in [5, 5.41) is 2.92. The summed E-state index contributed by atoms with van der Waals surface area (Å²) in [6.45, 7) is 8.80. The Kier molecular flexibility index (Phi) is 6.46. The van der Waals surface area contributed by atoms with Crippen molar-refractivity contribution in [3.8, 4) is 0 Å². The van der Waals surface area contributed by atoms with Gasteiger partial charge in [-0.3, -0.25) is 9.69 Å². The van der Waals surface area contributed by atoms with E-state index in [4.69, 9.17) is 4.74 Å². The summed E-state index contributed by atoms with van der Waals surface area (Å²) in [6.07, 6.45) is 0. The molecule has 2 saturated heterocycles. The molecular weight excluding hydrogens is 332 g/mol. The molecule has 0 radical (unpaired) electrons. The highest BCUT2D eigenvalue weighted by Gasteiger charge is 2.29. The molecule has 7 nitrogen and oxygen atoms in total. The topological polar surface area (TPSA) is 65.1 Å². The number of urea groups is 1. The number of hydrogen-bond acceptors (Lipinski definition) is 4. The van der Waals surface area contributed by atoms with Crippen LogP contribution in [0.2, 0.25) is 0 Å². The molecule has 0 saturated carbocycles. The fourth-order valence-corrected chi connectivity index (χ4v) is 3.33. The van der Waals surface area contributed by atoms with Crippen molar-refractivity contribution in [1.82, 2.24) is 20.0 Å². The third-order valence-corrected chi connectivity index (χ3v) is 4.99. The number of carbonyl (C=O) groups is 2. The number of amides is 3. The van der Waals surface area contributed by atoms with Crippen LogP contribution in [0.3, 0.4) is 0 Å². The molecule has 2 heterocycles. The zero-order chi connectivity index (χ0) is 18.4. The SMILES string of the molecule is Cc1ccccc1CN1CCN(CC(=O)NCCN2CCOCC2)C1=O. The first kappa shape index (κ1) is 18.7. The lowest BCUT2D eigenvalue weighted by Crippen LogP contribution is -2.44. The highest BCUT2D eigenvalue weighted by atomic mass is 16.5. The van der Waals surface area contributed by atoms with Crippen LogP contribution in [0.5, 0.6) is 0 Å². The van der Waals surface area contributed by atoms with Crippen LogP contribution in [-0.4, -0.2) is 85.7 Å². The minimum absolute atomic E-state index is 0.0587. The molecule has 26 heavy (non-hydrogen) atoms. The number of aryl methyl sites for hydroxylation is 1. The predicted molar refractivity (Wildman–Crippen MR) is 98.8 cm³/mol. The molecule has 0 spiro atoms. The normalized spacial score (nSPS) is 18.4. The van der Waals surface area contributed by atoms with Crippen LogP contribution >= 0.6 is 0 Å². The average Bonchev–Trinajstić information content (AvgIpc) is 2.98. The highest BCUT2D eigenvalue weighted by molar-refractivity contribution is 5.85. The van der Waals surface area contributed by atoms with Gasteiger partial charge < -0.3 is 19.9 Å². The lowest BCUT2D eigenvalue weighted by Gasteiger charge is -2.26. The van der Waals surface area contributed by atoms with E-state index in [-0.39, 0.29) is 18.5 Å². The number of hydrogen-bond donors (Lipinski definition) is 1. The Morgan fingerprint density at radius 2 is 1.85 bits per heavy atom. The van der Waals surface area contributed by atoms with Crippen LogP contribution < -0.4 is 5.32 Å². The number of nitrogens with zero attached hydrogens (tertiary/aromatic N) is 3. The molecule has 2 aliphatic heterocycles. The Hall–Kier alpha value is -2.12. The van der Waals surface area contributed by atoms with Gasteiger partial charge in [-0.2, -0.15) is 0 Å². The number of ether oxygens (including phenoxy) is 1. The first-order valence-electron chi connectivity index (χ1n) is 9.28. The third-order valence-electron chi connectivity index (χ3n) is 4.99. The van der Waals surface area contributed by atoms with Gasteiger partial charge >= 0.3 is 6.03 Å². The molecule has 2 aliphatic rings. The highest BCUT2D eigenvalue weighted by Crippen LogP contribution is 2.15. The minimum atomic E-state index is -0.0932. The predicted octanol–water partition coefficient (Wildman–Crippen LogP) is 0.681. The van der Waals surface area contributed by atoms with E-state index in [9.17, 15) is 9.59 Å². The van der Waals surface area contributed by atoms with Crippen molar-refractivity contribution in [3.63, 3.8) is 0 Å².